The average Bonchev–Trinajstić information content (AvgIpc) is 1.70. The summed E-state index contributed by atoms with van der Waals surface area (Å²) in [7, 11) is -5.16. The SMILES string of the molecule is CC(C)=CC(=O)C[C@@](C)(O)[C@H]1CC[C@H]2[C@@H]3C[C@H](OC4O[C@H](CO)[C@@H](O)[C@H](OC5O[C@H](C)[C@@H](OC6O[C@H](C)[C@@H](O)[C@H](O)[C@H]6OC6O[C@H](C)[C@H](O)[C@H](O)[C@H]6O)[C@H](O)[C@H]5OC5O[C@H](C)[C@@H](O)[C@H](O)[C@H]5O)[C@H]4O)[C@H]4C[C@@H](OS(=O)(=O)[O-])CC[C@]4(C)C3=CC[C@@]21C.[Na+]. The molecule has 5 saturated heterocycles. The van der Waals surface area contributed by atoms with Gasteiger partial charge in [0.1, 0.15) is 97.7 Å². The first kappa shape index (κ1) is 71.9. The molecule has 8 fully saturated rings. The maximum Gasteiger partial charge on any atom is 1.00 e. The molecule has 5 aliphatic heterocycles. The van der Waals surface area contributed by atoms with Gasteiger partial charge in [0.2, 0.25) is 10.4 Å². The van der Waals surface area contributed by atoms with Crippen molar-refractivity contribution in [1.29, 1.82) is 0 Å². The molecule has 87 heavy (non-hydrogen) atoms. The van der Waals surface area contributed by atoms with Crippen LogP contribution in [0.15, 0.2) is 23.3 Å². The fourth-order valence-electron chi connectivity index (χ4n) is 15.8. The van der Waals surface area contributed by atoms with Crippen molar-refractivity contribution in [3.05, 3.63) is 23.3 Å². The Morgan fingerprint density at radius 3 is 1.69 bits per heavy atom. The summed E-state index contributed by atoms with van der Waals surface area (Å²) >= 11 is 0. The first-order chi connectivity index (χ1) is 40.1. The van der Waals surface area contributed by atoms with Gasteiger partial charge in [-0.3, -0.25) is 8.98 Å². The van der Waals surface area contributed by atoms with Crippen molar-refractivity contribution in [3.63, 3.8) is 0 Å². The van der Waals surface area contributed by atoms with Crippen LogP contribution in [0.25, 0.3) is 0 Å². The van der Waals surface area contributed by atoms with Crippen LogP contribution in [0.3, 0.4) is 0 Å². The van der Waals surface area contributed by atoms with Gasteiger partial charge >= 0.3 is 29.6 Å². The second kappa shape index (κ2) is 27.8. The molecule has 28 nitrogen and oxygen atoms in total. The van der Waals surface area contributed by atoms with Gasteiger partial charge in [-0.2, -0.15) is 0 Å². The fourth-order valence-corrected chi connectivity index (χ4v) is 16.4. The van der Waals surface area contributed by atoms with Gasteiger partial charge in [-0.1, -0.05) is 31.1 Å². The predicted molar refractivity (Wildman–Crippen MR) is 288 cm³/mol. The largest absolute Gasteiger partial charge is 1.00 e. The molecule has 0 aromatic rings. The maximum atomic E-state index is 13.2. The standard InChI is InChI=1S/C57H92O28S.Na/c1-21(2)16-26(59)19-57(9,71)34-11-10-29-28-18-32(31-17-27(85-86(72,73)74)12-14-55(31,7)30(28)13-15-56(29,34)8)79-52-45(70)47(38(63)33(20-58)80-52)82-54-49(84-51-43(68)40(65)36(61)23(4)76-51)44(69)46(25(6)78-54)81-53-48(41(66)37(62)24(5)77-53)83-50-42(67)39(64)35(60)22(3)75-50;/h13,16,22-25,27-29,31-54,58,60-71H,10-12,14-15,17-20H2,1-9H3,(H,72,73,74);/q;+1/p-1/t22-,23-,24-,25-,27+,28+,29+,31-,32+,33-,34+,35+,36-,37-,38-,39+,40+,41+,42-,43-,44+,45-,46-,47+,48-,49-,50?,51?,52?,53?,54?,55-,56+,57-;/m1./s1. The van der Waals surface area contributed by atoms with Crippen molar-refractivity contribution >= 4 is 16.2 Å². The van der Waals surface area contributed by atoms with Gasteiger partial charge in [0.15, 0.2) is 37.2 Å². The van der Waals surface area contributed by atoms with E-state index in [1.807, 2.05) is 20.8 Å². The van der Waals surface area contributed by atoms with E-state index in [2.05, 4.69) is 13.0 Å². The summed E-state index contributed by atoms with van der Waals surface area (Å²) in [5.41, 5.74) is -0.699. The summed E-state index contributed by atoms with van der Waals surface area (Å²) in [5.74, 6) is -1.36. The van der Waals surface area contributed by atoms with Crippen LogP contribution in [0.1, 0.15) is 114 Å². The van der Waals surface area contributed by atoms with Crippen molar-refractivity contribution in [2.24, 2.45) is 34.5 Å². The molecule has 9 rings (SSSR count). The second-order valence-corrected chi connectivity index (χ2v) is 27.6. The first-order valence-corrected chi connectivity index (χ1v) is 31.3. The smallest absolute Gasteiger partial charge is 0.726 e. The van der Waals surface area contributed by atoms with E-state index in [0.29, 0.717) is 25.7 Å². The Morgan fingerprint density at radius 1 is 0.632 bits per heavy atom. The summed E-state index contributed by atoms with van der Waals surface area (Å²) in [6.45, 7) is 14.1. The average molecular weight is 1280 g/mol. The van der Waals surface area contributed by atoms with Crippen molar-refractivity contribution in [2.45, 2.75) is 285 Å². The van der Waals surface area contributed by atoms with E-state index in [-0.39, 0.29) is 78.8 Å². The zero-order chi connectivity index (χ0) is 63.2. The molecule has 0 bridgehead atoms. The minimum atomic E-state index is -5.16. The number of fused-ring (bicyclic) bond motifs is 5. The van der Waals surface area contributed by atoms with E-state index in [0.717, 1.165) is 11.1 Å². The van der Waals surface area contributed by atoms with Crippen LogP contribution < -0.4 is 29.6 Å². The van der Waals surface area contributed by atoms with Crippen LogP contribution in [0, 0.1) is 34.5 Å². The van der Waals surface area contributed by atoms with E-state index in [4.69, 9.17) is 51.6 Å². The van der Waals surface area contributed by atoms with Crippen molar-refractivity contribution in [1.82, 2.24) is 0 Å². The molecule has 9 aliphatic rings. The number of allylic oxidation sites excluding steroid dienone is 4. The van der Waals surface area contributed by atoms with Crippen molar-refractivity contribution < 1.29 is 165 Å². The first-order valence-electron chi connectivity index (χ1n) is 30.0. The Bertz CT molecular complexity index is 2530. The molecule has 0 amide bonds. The number of rotatable bonds is 17. The molecule has 0 radical (unpaired) electrons. The molecular weight excluding hydrogens is 1190 g/mol. The van der Waals surface area contributed by atoms with E-state index in [1.54, 1.807) is 6.92 Å². The number of carbonyl (C=O) groups is 1. The van der Waals surface area contributed by atoms with Crippen LogP contribution in [0.5, 0.6) is 0 Å². The Morgan fingerprint density at radius 2 is 1.14 bits per heavy atom. The van der Waals surface area contributed by atoms with Crippen molar-refractivity contribution in [3.8, 4) is 0 Å². The van der Waals surface area contributed by atoms with Gasteiger partial charge in [-0.15, -0.1) is 0 Å². The van der Waals surface area contributed by atoms with Gasteiger partial charge < -0.3 is 118 Å². The van der Waals surface area contributed by atoms with Crippen molar-refractivity contribution in [2.75, 3.05) is 6.61 Å². The topological polar surface area (TPSA) is 439 Å². The molecule has 4 aliphatic carbocycles. The minimum Gasteiger partial charge on any atom is -0.726 e. The van der Waals surface area contributed by atoms with Crippen LogP contribution in [0.2, 0.25) is 0 Å². The van der Waals surface area contributed by atoms with Crippen LogP contribution in [0.4, 0.5) is 0 Å². The van der Waals surface area contributed by atoms with E-state index >= 15 is 0 Å². The third kappa shape index (κ3) is 14.4. The Kier molecular flexibility index (Phi) is 23.0. The second-order valence-electron chi connectivity index (χ2n) is 26.6. The molecule has 0 aromatic heterocycles. The quantitative estimate of drug-likeness (QED) is 0.0212. The fraction of sp³-hybridized carbons (Fsp3) is 0.912. The normalized spacial score (nSPS) is 50.9. The third-order valence-electron chi connectivity index (χ3n) is 20.4. The van der Waals surface area contributed by atoms with Crippen LogP contribution in [-0.4, -0.2) is 263 Å². The maximum absolute atomic E-state index is 13.2. The number of aliphatic hydroxyl groups excluding tert-OH is 12. The van der Waals surface area contributed by atoms with Gasteiger partial charge in [0.25, 0.3) is 0 Å². The monoisotopic (exact) mass is 1280 g/mol. The molecule has 5 heterocycles. The van der Waals surface area contributed by atoms with Gasteiger partial charge in [-0.05, 0) is 134 Å². The van der Waals surface area contributed by atoms with E-state index in [9.17, 15) is 84.1 Å². The molecule has 494 valence electrons. The molecule has 34 atom stereocenters. The summed E-state index contributed by atoms with van der Waals surface area (Å²) in [6, 6.07) is 0. The summed E-state index contributed by atoms with van der Waals surface area (Å²) in [6.07, 6.45) is -38.3. The number of ether oxygens (including phenoxy) is 10. The summed E-state index contributed by atoms with van der Waals surface area (Å²) < 4.78 is 103. The molecule has 0 aromatic carbocycles. The molecule has 13 N–H and O–H groups in total. The third-order valence-corrected chi connectivity index (χ3v) is 20.9. The van der Waals surface area contributed by atoms with Crippen LogP contribution in [-0.2, 0) is 66.7 Å². The Hall–Kier alpha value is -0.900. The predicted octanol–water partition coefficient (Wildman–Crippen LogP) is -5.71. The van der Waals surface area contributed by atoms with Gasteiger partial charge in [0.05, 0.1) is 48.8 Å². The molecular formula is C57H91NaO28S. The minimum absolute atomic E-state index is 0. The molecule has 0 spiro atoms. The Labute approximate surface area is 528 Å². The van der Waals surface area contributed by atoms with E-state index < -0.39 is 205 Å². The molecule has 3 saturated carbocycles. The zero-order valence-electron chi connectivity index (χ0n) is 50.8. The number of aliphatic hydroxyl groups is 13. The zero-order valence-corrected chi connectivity index (χ0v) is 53.6. The Balaban J connectivity index is 0.00000982. The number of hydrogen-bond acceptors (Lipinski definition) is 28. The summed E-state index contributed by atoms with van der Waals surface area (Å²) in [4.78, 5) is 13.2. The van der Waals surface area contributed by atoms with Crippen LogP contribution >= 0.6 is 0 Å². The number of hydrogen-bond donors (Lipinski definition) is 13. The van der Waals surface area contributed by atoms with Gasteiger partial charge in [0, 0.05) is 6.42 Å². The molecule has 5 unspecified atom stereocenters. The van der Waals surface area contributed by atoms with Gasteiger partial charge in [-0.25, -0.2) is 8.42 Å². The summed E-state index contributed by atoms with van der Waals surface area (Å²) in [5, 5.41) is 146. The number of carbonyl (C=O) groups excluding carboxylic acids is 1. The number of ketones is 1. The molecule has 30 heteroatoms. The van der Waals surface area contributed by atoms with E-state index in [1.165, 1.54) is 33.8 Å².